The summed E-state index contributed by atoms with van der Waals surface area (Å²) in [4.78, 5) is 40.1. The van der Waals surface area contributed by atoms with E-state index in [1.807, 2.05) is 25.9 Å². The number of carboxylic acids is 1. The van der Waals surface area contributed by atoms with E-state index in [1.165, 1.54) is 111 Å². The van der Waals surface area contributed by atoms with Crippen molar-refractivity contribution in [3.05, 3.63) is 0 Å². The van der Waals surface area contributed by atoms with Gasteiger partial charge in [-0.2, -0.15) is 0 Å². The molecule has 3 heterocycles. The molecule has 0 aromatic rings. The molecule has 0 aromatic carbocycles. The third kappa shape index (κ3) is 20.0. The minimum atomic E-state index is -1.99. The summed E-state index contributed by atoms with van der Waals surface area (Å²) in [5.74, 6) is -5.63. The Hall–Kier alpha value is -1.83. The monoisotopic (exact) mass is 1020 g/mol. The smallest absolute Gasteiger partial charge is 0.311 e. The van der Waals surface area contributed by atoms with Gasteiger partial charge >= 0.3 is 11.9 Å². The highest BCUT2D eigenvalue weighted by Gasteiger charge is 2.53. The zero-order chi connectivity index (χ0) is 53.9. The summed E-state index contributed by atoms with van der Waals surface area (Å²) in [6.45, 7) is 18.6. The molecule has 0 amide bonds. The summed E-state index contributed by atoms with van der Waals surface area (Å²) >= 11 is 0. The number of carbonyl (C=O) groups excluding carboxylic acids is 2. The Morgan fingerprint density at radius 1 is 0.732 bits per heavy atom. The number of hydrogen-bond donors (Lipinski definition) is 6. The van der Waals surface area contributed by atoms with E-state index in [4.69, 9.17) is 33.5 Å². The van der Waals surface area contributed by atoms with Gasteiger partial charge in [-0.05, 0) is 81.3 Å². The fraction of sp³-hybridized carbons (Fsp3) is 0.945. The van der Waals surface area contributed by atoms with E-state index >= 15 is 0 Å². The van der Waals surface area contributed by atoms with Gasteiger partial charge in [0.1, 0.15) is 29.7 Å². The predicted molar refractivity (Wildman–Crippen MR) is 273 cm³/mol. The zero-order valence-electron chi connectivity index (χ0n) is 46.6. The first-order chi connectivity index (χ1) is 33.2. The molecule has 0 radical (unpaired) electrons. The van der Waals surface area contributed by atoms with E-state index in [-0.39, 0.29) is 31.4 Å². The number of rotatable bonds is 23. The molecule has 16 nitrogen and oxygen atoms in total. The molecule has 0 saturated carbocycles. The van der Waals surface area contributed by atoms with Gasteiger partial charge in [-0.3, -0.25) is 14.4 Å². The first kappa shape index (κ1) is 65.3. The van der Waals surface area contributed by atoms with Crippen LogP contribution in [0, 0.1) is 23.7 Å². The molecule has 6 N–H and O–H groups in total. The number of Topliss-reactive ketones (excluding diaryl/α,β-unsaturated/α-hetero) is 1. The summed E-state index contributed by atoms with van der Waals surface area (Å²) in [5, 5.41) is 66.1. The van der Waals surface area contributed by atoms with Crippen molar-refractivity contribution in [3.8, 4) is 0 Å². The molecule has 0 bridgehead atoms. The third-order valence-electron chi connectivity index (χ3n) is 15.8. The second-order valence-corrected chi connectivity index (χ2v) is 22.6. The molecule has 0 spiro atoms. The van der Waals surface area contributed by atoms with Crippen molar-refractivity contribution in [2.24, 2.45) is 23.7 Å². The molecule has 18 atom stereocenters. The van der Waals surface area contributed by atoms with E-state index in [2.05, 4.69) is 6.92 Å². The van der Waals surface area contributed by atoms with Crippen molar-refractivity contribution in [3.63, 3.8) is 0 Å². The number of likely N-dealkylation sites (N-methyl/N-ethyl adjacent to an activating group) is 1. The van der Waals surface area contributed by atoms with Gasteiger partial charge in [0.05, 0.1) is 47.6 Å². The maximum atomic E-state index is 14.1. The second kappa shape index (κ2) is 31.3. The van der Waals surface area contributed by atoms with Crippen molar-refractivity contribution in [2.45, 2.75) is 289 Å². The van der Waals surface area contributed by atoms with Gasteiger partial charge in [0.25, 0.3) is 0 Å². The van der Waals surface area contributed by atoms with Crippen LogP contribution in [0.15, 0.2) is 0 Å². The number of cyclic esters (lactones) is 1. The lowest BCUT2D eigenvalue weighted by molar-refractivity contribution is -0.318. The van der Waals surface area contributed by atoms with Crippen LogP contribution in [0.1, 0.15) is 205 Å². The average molecular weight is 1020 g/mol. The number of ketones is 1. The Kier molecular flexibility index (Phi) is 28.8. The molecule has 3 aliphatic rings. The number of aliphatic hydroxyl groups is 5. The Balaban J connectivity index is 0.000000725. The molecule has 0 unspecified atom stereocenters. The predicted octanol–water partition coefficient (Wildman–Crippen LogP) is 8.12. The Bertz CT molecular complexity index is 1530. The largest absolute Gasteiger partial charge is 0.481 e. The topological polar surface area (TPSA) is 231 Å². The number of carbonyl (C=O) groups is 3. The van der Waals surface area contributed by atoms with Crippen molar-refractivity contribution < 1.29 is 73.4 Å². The van der Waals surface area contributed by atoms with E-state index < -0.39 is 114 Å². The van der Waals surface area contributed by atoms with Crippen LogP contribution in [0.5, 0.6) is 0 Å². The van der Waals surface area contributed by atoms with Gasteiger partial charge in [-0.25, -0.2) is 0 Å². The molecular weight excluding hydrogens is 915 g/mol. The normalized spacial score (nSPS) is 38.8. The number of nitrogens with zero attached hydrogens (tertiary/aromatic N) is 1. The maximum Gasteiger partial charge on any atom is 0.311 e. The fourth-order valence-corrected chi connectivity index (χ4v) is 11.1. The molecule has 3 rings (SSSR count). The van der Waals surface area contributed by atoms with Crippen LogP contribution >= 0.6 is 0 Å². The lowest BCUT2D eigenvalue weighted by atomic mass is 9.74. The summed E-state index contributed by atoms with van der Waals surface area (Å²) in [7, 11) is 5.18. The van der Waals surface area contributed by atoms with Gasteiger partial charge in [-0.15, -0.1) is 0 Å². The molecule has 3 saturated heterocycles. The van der Waals surface area contributed by atoms with Crippen LogP contribution in [-0.2, 0) is 42.8 Å². The highest BCUT2D eigenvalue weighted by atomic mass is 16.7. The maximum absolute atomic E-state index is 14.1. The van der Waals surface area contributed by atoms with E-state index in [0.717, 1.165) is 12.8 Å². The molecule has 418 valence electrons. The van der Waals surface area contributed by atoms with Crippen LogP contribution in [-0.4, -0.2) is 159 Å². The summed E-state index contributed by atoms with van der Waals surface area (Å²) in [5.41, 5.74) is -4.84. The summed E-state index contributed by atoms with van der Waals surface area (Å²) in [6.07, 6.45) is 10.5. The summed E-state index contributed by atoms with van der Waals surface area (Å²) in [6, 6.07) is -0.324. The number of hydrogen-bond acceptors (Lipinski definition) is 15. The molecule has 16 heteroatoms. The number of carboxylic acid groups (broad SMARTS) is 1. The highest BCUT2D eigenvalue weighted by Crippen LogP contribution is 2.41. The molecule has 0 aromatic heterocycles. The van der Waals surface area contributed by atoms with Crippen molar-refractivity contribution in [2.75, 3.05) is 21.2 Å². The second-order valence-electron chi connectivity index (χ2n) is 22.6. The third-order valence-corrected chi connectivity index (χ3v) is 15.8. The number of unbranched alkanes of at least 4 members (excludes halogenated alkanes) is 14. The number of methoxy groups -OCH3 is 1. The average Bonchev–Trinajstić information content (AvgIpc) is 3.31. The molecule has 71 heavy (non-hydrogen) atoms. The molecule has 3 fully saturated rings. The van der Waals surface area contributed by atoms with Crippen LogP contribution in [0.2, 0.25) is 0 Å². The van der Waals surface area contributed by atoms with Crippen LogP contribution in [0.25, 0.3) is 0 Å². The molecule has 3 aliphatic heterocycles. The van der Waals surface area contributed by atoms with Crippen molar-refractivity contribution in [1.29, 1.82) is 0 Å². The molecular formula is C55H103NO15. The van der Waals surface area contributed by atoms with E-state index in [0.29, 0.717) is 12.8 Å². The van der Waals surface area contributed by atoms with E-state index in [1.54, 1.807) is 41.5 Å². The quantitative estimate of drug-likeness (QED) is 0.0419. The number of aliphatic carboxylic acids is 1. The lowest BCUT2D eigenvalue weighted by Crippen LogP contribution is -2.61. The summed E-state index contributed by atoms with van der Waals surface area (Å²) < 4.78 is 37.1. The van der Waals surface area contributed by atoms with Gasteiger partial charge in [0.15, 0.2) is 12.6 Å². The Morgan fingerprint density at radius 3 is 1.73 bits per heavy atom. The Labute approximate surface area is 428 Å². The first-order valence-electron chi connectivity index (χ1n) is 27.5. The number of ether oxygens (including phenoxy) is 6. The number of esters is 1. The standard InChI is InChI=1S/C37H67NO13.C18H36O2/c1-14-25-37(10,45)30(41)20(4)27(39)18(2)16-35(8,44)32(51-34-28(40)24(38(11)12)15-19(3)47-34)21(5)29(22(6)33(43)49-25)50-26-17-36(9,46-13)31(42)23(7)48-26;1-2-3-4-5-6-7-8-9-10-11-12-13-14-15-16-17-18(19)20/h18-26,28-32,34,40-42,44-45H,14-17H2,1-13H3;2-17H2,1H3,(H,19,20)/t18-,19+,20+,21+,22-,23+,24-,25-,26+,28+,29+,30+,31+,32-,34+,35+,36+,37-;/m1./s1. The fourth-order valence-electron chi connectivity index (χ4n) is 11.1. The lowest BCUT2D eigenvalue weighted by Gasteiger charge is -2.49. The van der Waals surface area contributed by atoms with Gasteiger partial charge < -0.3 is 64.0 Å². The Morgan fingerprint density at radius 2 is 1.25 bits per heavy atom. The van der Waals surface area contributed by atoms with Crippen LogP contribution in [0.4, 0.5) is 0 Å². The highest BCUT2D eigenvalue weighted by molar-refractivity contribution is 5.83. The minimum absolute atomic E-state index is 0.0936. The van der Waals surface area contributed by atoms with Gasteiger partial charge in [0, 0.05) is 43.7 Å². The van der Waals surface area contributed by atoms with Crippen LogP contribution in [0.3, 0.4) is 0 Å². The molecule has 0 aliphatic carbocycles. The minimum Gasteiger partial charge on any atom is -0.481 e. The SMILES string of the molecule is CCCCCCCCCCCCCCCCCC(=O)O.CC[C@H]1OC(=O)[C@H](C)[C@@H](O[C@H]2C[C@](C)(OC)[C@@H](O)[C@H](C)O2)[C@H](C)[C@@H](O[C@@H]2O[C@@H](C)C[C@@H](N(C)C)[C@@H]2O)[C@@](C)(O)C[C@@H](C)C(=O)[C@H](C)[C@H](O)[C@]1(C)O. The van der Waals surface area contributed by atoms with E-state index in [9.17, 15) is 39.9 Å². The van der Waals surface area contributed by atoms with Gasteiger partial charge in [0.2, 0.25) is 0 Å². The van der Waals surface area contributed by atoms with Crippen LogP contribution < -0.4 is 0 Å². The number of aliphatic hydroxyl groups excluding tert-OH is 3. The first-order valence-corrected chi connectivity index (χ1v) is 27.5. The zero-order valence-corrected chi connectivity index (χ0v) is 46.6. The van der Waals surface area contributed by atoms with Gasteiger partial charge in [-0.1, -0.05) is 125 Å². The van der Waals surface area contributed by atoms with Crippen molar-refractivity contribution in [1.82, 2.24) is 4.90 Å². The van der Waals surface area contributed by atoms with Crippen molar-refractivity contribution >= 4 is 17.7 Å².